The lowest BCUT2D eigenvalue weighted by Crippen LogP contribution is -2.07. The predicted octanol–water partition coefficient (Wildman–Crippen LogP) is 5.25. The fraction of sp³-hybridized carbons (Fsp3) is 0.400. The smallest absolute Gasteiger partial charge is 0.122 e. The lowest BCUT2D eigenvalue weighted by Gasteiger charge is -2.19. The van der Waals surface area contributed by atoms with E-state index in [0.717, 1.165) is 29.9 Å². The summed E-state index contributed by atoms with van der Waals surface area (Å²) in [4.78, 5) is 0. The summed E-state index contributed by atoms with van der Waals surface area (Å²) in [6, 6.07) is 16.3. The molecule has 0 amide bonds. The molecule has 0 spiro atoms. The van der Waals surface area contributed by atoms with E-state index in [0.29, 0.717) is 12.0 Å². The zero-order chi connectivity index (χ0) is 16.0. The summed E-state index contributed by atoms with van der Waals surface area (Å²) in [5.74, 6) is 1.86. The molecule has 0 aliphatic heterocycles. The number of aryl methyl sites for hydroxylation is 1. The lowest BCUT2D eigenvalue weighted by atomic mass is 9.88. The van der Waals surface area contributed by atoms with Crippen molar-refractivity contribution in [1.82, 2.24) is 0 Å². The molecule has 0 heterocycles. The van der Waals surface area contributed by atoms with Crippen LogP contribution >= 0.6 is 0 Å². The Labute approximate surface area is 134 Å². The van der Waals surface area contributed by atoms with E-state index < -0.39 is 0 Å². The standard InChI is InChI=1S/C20H26O2/c1-20(2,3)14-13-17-7-5-6-8-19(17)22-15-16-9-11-18(21-4)12-10-16/h5-12H,13-15H2,1-4H3. The molecular formula is C20H26O2. The summed E-state index contributed by atoms with van der Waals surface area (Å²) in [5, 5.41) is 0. The number of hydrogen-bond donors (Lipinski definition) is 0. The Kier molecular flexibility index (Phi) is 5.48. The quantitative estimate of drug-likeness (QED) is 0.725. The Morgan fingerprint density at radius 2 is 1.59 bits per heavy atom. The average molecular weight is 298 g/mol. The summed E-state index contributed by atoms with van der Waals surface area (Å²) in [6.45, 7) is 7.39. The highest BCUT2D eigenvalue weighted by Gasteiger charge is 2.12. The van der Waals surface area contributed by atoms with Crippen molar-refractivity contribution in [3.05, 3.63) is 59.7 Å². The Morgan fingerprint density at radius 1 is 0.909 bits per heavy atom. The first-order chi connectivity index (χ1) is 10.5. The topological polar surface area (TPSA) is 18.5 Å². The zero-order valence-corrected chi connectivity index (χ0v) is 14.1. The van der Waals surface area contributed by atoms with Crippen molar-refractivity contribution in [1.29, 1.82) is 0 Å². The van der Waals surface area contributed by atoms with Crippen LogP contribution in [-0.4, -0.2) is 7.11 Å². The van der Waals surface area contributed by atoms with E-state index in [2.05, 4.69) is 39.0 Å². The molecule has 0 bridgehead atoms. The van der Waals surface area contributed by atoms with Crippen molar-refractivity contribution < 1.29 is 9.47 Å². The van der Waals surface area contributed by atoms with Crippen LogP contribution in [0, 0.1) is 5.41 Å². The van der Waals surface area contributed by atoms with Gasteiger partial charge in [0.1, 0.15) is 18.1 Å². The van der Waals surface area contributed by atoms with E-state index in [4.69, 9.17) is 9.47 Å². The van der Waals surface area contributed by atoms with Crippen LogP contribution in [0.15, 0.2) is 48.5 Å². The van der Waals surface area contributed by atoms with Gasteiger partial charge in [0.05, 0.1) is 7.11 Å². The van der Waals surface area contributed by atoms with Crippen molar-refractivity contribution in [3.63, 3.8) is 0 Å². The summed E-state index contributed by atoms with van der Waals surface area (Å²) in [7, 11) is 1.68. The SMILES string of the molecule is COc1ccc(COc2ccccc2CCC(C)(C)C)cc1. The number of para-hydroxylation sites is 1. The van der Waals surface area contributed by atoms with Crippen LogP contribution in [0.5, 0.6) is 11.5 Å². The van der Waals surface area contributed by atoms with Crippen molar-refractivity contribution in [2.24, 2.45) is 5.41 Å². The fourth-order valence-electron chi connectivity index (χ4n) is 2.24. The monoisotopic (exact) mass is 298 g/mol. The zero-order valence-electron chi connectivity index (χ0n) is 14.1. The molecule has 2 nitrogen and oxygen atoms in total. The van der Waals surface area contributed by atoms with Crippen LogP contribution in [0.25, 0.3) is 0 Å². The Hall–Kier alpha value is -1.96. The minimum Gasteiger partial charge on any atom is -0.497 e. The molecule has 2 heteroatoms. The second-order valence-electron chi connectivity index (χ2n) is 6.81. The molecule has 0 radical (unpaired) electrons. The molecule has 0 aliphatic rings. The highest BCUT2D eigenvalue weighted by molar-refractivity contribution is 5.34. The minimum absolute atomic E-state index is 0.336. The third-order valence-corrected chi connectivity index (χ3v) is 3.67. The molecule has 2 aromatic carbocycles. The largest absolute Gasteiger partial charge is 0.497 e. The van der Waals surface area contributed by atoms with Crippen LogP contribution in [0.1, 0.15) is 38.3 Å². The first-order valence-electron chi connectivity index (χ1n) is 7.81. The molecule has 0 aromatic heterocycles. The van der Waals surface area contributed by atoms with Gasteiger partial charge in [0.25, 0.3) is 0 Å². The highest BCUT2D eigenvalue weighted by Crippen LogP contribution is 2.26. The van der Waals surface area contributed by atoms with Gasteiger partial charge < -0.3 is 9.47 Å². The van der Waals surface area contributed by atoms with Crippen molar-refractivity contribution in [3.8, 4) is 11.5 Å². The number of methoxy groups -OCH3 is 1. The lowest BCUT2D eigenvalue weighted by molar-refractivity contribution is 0.299. The number of benzene rings is 2. The second-order valence-corrected chi connectivity index (χ2v) is 6.81. The molecule has 0 aliphatic carbocycles. The number of ether oxygens (including phenoxy) is 2. The molecule has 0 saturated heterocycles. The van der Waals surface area contributed by atoms with Crippen molar-refractivity contribution in [2.75, 3.05) is 7.11 Å². The van der Waals surface area contributed by atoms with Gasteiger partial charge in [0, 0.05) is 0 Å². The van der Waals surface area contributed by atoms with Crippen molar-refractivity contribution in [2.45, 2.75) is 40.2 Å². The molecule has 0 saturated carbocycles. The Morgan fingerprint density at radius 3 is 2.23 bits per heavy atom. The van der Waals surface area contributed by atoms with E-state index in [1.54, 1.807) is 7.11 Å². The fourth-order valence-corrected chi connectivity index (χ4v) is 2.24. The maximum Gasteiger partial charge on any atom is 0.122 e. The van der Waals surface area contributed by atoms with Crippen LogP contribution in [0.3, 0.4) is 0 Å². The van der Waals surface area contributed by atoms with E-state index in [9.17, 15) is 0 Å². The van der Waals surface area contributed by atoms with Gasteiger partial charge in [0.15, 0.2) is 0 Å². The van der Waals surface area contributed by atoms with Gasteiger partial charge in [-0.05, 0) is 47.6 Å². The van der Waals surface area contributed by atoms with Gasteiger partial charge in [-0.1, -0.05) is 51.1 Å². The molecule has 118 valence electrons. The Bertz CT molecular complexity index is 579. The Balaban J connectivity index is 1.99. The van der Waals surface area contributed by atoms with Crippen molar-refractivity contribution >= 4 is 0 Å². The molecule has 22 heavy (non-hydrogen) atoms. The van der Waals surface area contributed by atoms with Gasteiger partial charge >= 0.3 is 0 Å². The number of hydrogen-bond acceptors (Lipinski definition) is 2. The minimum atomic E-state index is 0.336. The molecule has 0 atom stereocenters. The summed E-state index contributed by atoms with van der Waals surface area (Å²) >= 11 is 0. The first-order valence-corrected chi connectivity index (χ1v) is 7.81. The van der Waals surface area contributed by atoms with Crippen LogP contribution in [0.2, 0.25) is 0 Å². The van der Waals surface area contributed by atoms with Gasteiger partial charge in [-0.25, -0.2) is 0 Å². The second kappa shape index (κ2) is 7.35. The molecule has 2 aromatic rings. The highest BCUT2D eigenvalue weighted by atomic mass is 16.5. The maximum atomic E-state index is 6.02. The average Bonchev–Trinajstić information content (AvgIpc) is 2.51. The predicted molar refractivity (Wildman–Crippen MR) is 91.5 cm³/mol. The molecule has 0 unspecified atom stereocenters. The van der Waals surface area contributed by atoms with Crippen LogP contribution in [-0.2, 0) is 13.0 Å². The molecule has 0 N–H and O–H groups in total. The third kappa shape index (κ3) is 5.10. The molecule has 2 rings (SSSR count). The number of rotatable bonds is 6. The van der Waals surface area contributed by atoms with Gasteiger partial charge in [-0.3, -0.25) is 0 Å². The third-order valence-electron chi connectivity index (χ3n) is 3.67. The summed E-state index contributed by atoms with van der Waals surface area (Å²) < 4.78 is 11.2. The normalized spacial score (nSPS) is 11.3. The van der Waals surface area contributed by atoms with E-state index in [1.165, 1.54) is 5.56 Å². The molecule has 0 fully saturated rings. The van der Waals surface area contributed by atoms with E-state index in [-0.39, 0.29) is 0 Å². The first kappa shape index (κ1) is 16.4. The van der Waals surface area contributed by atoms with E-state index in [1.807, 2.05) is 30.3 Å². The molecular weight excluding hydrogens is 272 g/mol. The van der Waals surface area contributed by atoms with Gasteiger partial charge in [0.2, 0.25) is 0 Å². The van der Waals surface area contributed by atoms with Gasteiger partial charge in [-0.2, -0.15) is 0 Å². The van der Waals surface area contributed by atoms with Gasteiger partial charge in [-0.15, -0.1) is 0 Å². The van der Waals surface area contributed by atoms with Crippen LogP contribution in [0.4, 0.5) is 0 Å². The van der Waals surface area contributed by atoms with Crippen LogP contribution < -0.4 is 9.47 Å². The summed E-state index contributed by atoms with van der Waals surface area (Å²) in [5.41, 5.74) is 2.76. The van der Waals surface area contributed by atoms with E-state index >= 15 is 0 Å². The summed E-state index contributed by atoms with van der Waals surface area (Å²) in [6.07, 6.45) is 2.19. The maximum absolute atomic E-state index is 6.02.